The normalized spacial score (nSPS) is 28.7. The van der Waals surface area contributed by atoms with E-state index >= 15 is 0 Å². The molecule has 1 aromatic carbocycles. The van der Waals surface area contributed by atoms with E-state index in [9.17, 15) is 4.79 Å². The molecule has 0 saturated heterocycles. The largest absolute Gasteiger partial charge is 0.495 e. The number of fused-ring (bicyclic) bond motifs is 2. The van der Waals surface area contributed by atoms with Gasteiger partial charge in [-0.15, -0.1) is 0 Å². The Hall–Kier alpha value is -1.48. The van der Waals surface area contributed by atoms with Gasteiger partial charge in [0.15, 0.2) is 0 Å². The molecule has 0 aromatic heterocycles. The Labute approximate surface area is 136 Å². The fraction of sp³-hybridized carbons (Fsp3) is 0.500. The second-order valence-electron chi connectivity index (χ2n) is 7.02. The van der Waals surface area contributed by atoms with Crippen LogP contribution in [0.15, 0.2) is 30.4 Å². The van der Waals surface area contributed by atoms with Gasteiger partial charge in [0.05, 0.1) is 18.2 Å². The fourth-order valence-electron chi connectivity index (χ4n) is 4.16. The molecule has 22 heavy (non-hydrogen) atoms. The maximum atomic E-state index is 13.0. The number of hydrogen-bond acceptors (Lipinski definition) is 2. The second kappa shape index (κ2) is 5.02. The Bertz CT molecular complexity index is 652. The molecular formula is C18H22ClNO2. The molecule has 3 rings (SSSR count). The lowest BCUT2D eigenvalue weighted by Crippen LogP contribution is -2.37. The van der Waals surface area contributed by atoms with Crippen molar-refractivity contribution in [1.82, 2.24) is 0 Å². The standard InChI is InChI=1S/C18H22ClNO2/c1-11-17(2,3)12-7-8-18(11,10-12)16(21)20-14-9-13(19)5-6-15(14)22-4/h5-6,9,12H,1,7-8,10H2,2-4H3,(H,20,21)/t12-,18-/m0/s1. The van der Waals surface area contributed by atoms with Gasteiger partial charge < -0.3 is 10.1 Å². The first-order chi connectivity index (χ1) is 10.3. The van der Waals surface area contributed by atoms with Crippen LogP contribution in [0.1, 0.15) is 33.1 Å². The summed E-state index contributed by atoms with van der Waals surface area (Å²) >= 11 is 6.04. The van der Waals surface area contributed by atoms with Crippen LogP contribution in [0.3, 0.4) is 0 Å². The van der Waals surface area contributed by atoms with E-state index in [-0.39, 0.29) is 11.3 Å². The first-order valence-electron chi connectivity index (χ1n) is 7.66. The number of carbonyl (C=O) groups excluding carboxylic acids is 1. The van der Waals surface area contributed by atoms with Gasteiger partial charge >= 0.3 is 0 Å². The number of anilines is 1. The van der Waals surface area contributed by atoms with Crippen molar-refractivity contribution in [3.05, 3.63) is 35.4 Å². The minimum atomic E-state index is -0.443. The zero-order valence-corrected chi connectivity index (χ0v) is 14.1. The van der Waals surface area contributed by atoms with Crippen LogP contribution < -0.4 is 10.1 Å². The first-order valence-corrected chi connectivity index (χ1v) is 8.04. The Morgan fingerprint density at radius 3 is 2.77 bits per heavy atom. The molecule has 3 nitrogen and oxygen atoms in total. The van der Waals surface area contributed by atoms with Crippen LogP contribution in [0.25, 0.3) is 0 Å². The third-order valence-electron chi connectivity index (χ3n) is 5.73. The van der Waals surface area contributed by atoms with Crippen LogP contribution in [0.2, 0.25) is 5.02 Å². The molecule has 0 radical (unpaired) electrons. The number of methoxy groups -OCH3 is 1. The molecule has 1 aromatic rings. The summed E-state index contributed by atoms with van der Waals surface area (Å²) in [5.74, 6) is 1.18. The van der Waals surface area contributed by atoms with E-state index in [0.717, 1.165) is 24.8 Å². The van der Waals surface area contributed by atoms with Crippen molar-refractivity contribution >= 4 is 23.2 Å². The Balaban J connectivity index is 1.90. The highest BCUT2D eigenvalue weighted by atomic mass is 35.5. The molecule has 0 spiro atoms. The maximum absolute atomic E-state index is 13.0. The van der Waals surface area contributed by atoms with E-state index in [1.54, 1.807) is 25.3 Å². The van der Waals surface area contributed by atoms with Crippen LogP contribution in [-0.4, -0.2) is 13.0 Å². The van der Waals surface area contributed by atoms with Gasteiger partial charge in [-0.1, -0.05) is 37.6 Å². The van der Waals surface area contributed by atoms with Crippen LogP contribution in [0.4, 0.5) is 5.69 Å². The molecule has 0 heterocycles. The van der Waals surface area contributed by atoms with Gasteiger partial charge in [-0.05, 0) is 48.8 Å². The summed E-state index contributed by atoms with van der Waals surface area (Å²) in [5.41, 5.74) is 1.28. The molecule has 0 unspecified atom stereocenters. The molecular weight excluding hydrogens is 298 g/mol. The van der Waals surface area contributed by atoms with Gasteiger partial charge in [0.25, 0.3) is 0 Å². The highest BCUT2D eigenvalue weighted by molar-refractivity contribution is 6.31. The van der Waals surface area contributed by atoms with E-state index in [1.165, 1.54) is 0 Å². The number of halogens is 1. The molecule has 2 atom stereocenters. The molecule has 2 aliphatic rings. The quantitative estimate of drug-likeness (QED) is 0.822. The average molecular weight is 320 g/mol. The number of hydrogen-bond donors (Lipinski definition) is 1. The van der Waals surface area contributed by atoms with Crippen LogP contribution in [-0.2, 0) is 4.79 Å². The predicted octanol–water partition coefficient (Wildman–Crippen LogP) is 4.67. The summed E-state index contributed by atoms with van der Waals surface area (Å²) in [5, 5.41) is 3.59. The van der Waals surface area contributed by atoms with E-state index in [1.807, 2.05) is 0 Å². The minimum Gasteiger partial charge on any atom is -0.495 e. The monoisotopic (exact) mass is 319 g/mol. The lowest BCUT2D eigenvalue weighted by atomic mass is 9.68. The number of benzene rings is 1. The molecule has 2 saturated carbocycles. The molecule has 2 bridgehead atoms. The molecule has 2 aliphatic carbocycles. The van der Waals surface area contributed by atoms with Gasteiger partial charge in [0.2, 0.25) is 5.91 Å². The molecule has 1 amide bonds. The van der Waals surface area contributed by atoms with Crippen molar-refractivity contribution in [2.24, 2.45) is 16.7 Å². The molecule has 0 aliphatic heterocycles. The van der Waals surface area contributed by atoms with Crippen molar-refractivity contribution in [2.45, 2.75) is 33.1 Å². The molecule has 2 fully saturated rings. The van der Waals surface area contributed by atoms with E-state index in [4.69, 9.17) is 16.3 Å². The first kappa shape index (κ1) is 15.4. The van der Waals surface area contributed by atoms with Gasteiger partial charge in [0.1, 0.15) is 5.75 Å². The summed E-state index contributed by atoms with van der Waals surface area (Å²) in [6, 6.07) is 5.24. The SMILES string of the molecule is C=C1C(C)(C)[C@H]2CC[C@]1(C(=O)Nc1cc(Cl)ccc1OC)C2. The molecule has 4 heteroatoms. The van der Waals surface area contributed by atoms with Crippen molar-refractivity contribution in [3.8, 4) is 5.75 Å². The van der Waals surface area contributed by atoms with Crippen LogP contribution in [0, 0.1) is 16.7 Å². The number of rotatable bonds is 3. The highest BCUT2D eigenvalue weighted by Crippen LogP contribution is 2.65. The van der Waals surface area contributed by atoms with E-state index < -0.39 is 5.41 Å². The zero-order valence-electron chi connectivity index (χ0n) is 13.3. The van der Waals surface area contributed by atoms with Crippen molar-refractivity contribution < 1.29 is 9.53 Å². The highest BCUT2D eigenvalue weighted by Gasteiger charge is 2.60. The summed E-state index contributed by atoms with van der Waals surface area (Å²) in [4.78, 5) is 13.0. The smallest absolute Gasteiger partial charge is 0.234 e. The van der Waals surface area contributed by atoms with Gasteiger partial charge in [-0.2, -0.15) is 0 Å². The van der Waals surface area contributed by atoms with Gasteiger partial charge in [-0.25, -0.2) is 0 Å². The summed E-state index contributed by atoms with van der Waals surface area (Å²) in [7, 11) is 1.58. The third-order valence-corrected chi connectivity index (χ3v) is 5.97. The Morgan fingerprint density at radius 1 is 1.45 bits per heavy atom. The topological polar surface area (TPSA) is 38.3 Å². The number of amides is 1. The summed E-state index contributed by atoms with van der Waals surface area (Å²) in [6.45, 7) is 8.67. The minimum absolute atomic E-state index is 0.0196. The van der Waals surface area contributed by atoms with Crippen LogP contribution >= 0.6 is 11.6 Å². The van der Waals surface area contributed by atoms with Gasteiger partial charge in [-0.3, -0.25) is 4.79 Å². The van der Waals surface area contributed by atoms with E-state index in [2.05, 4.69) is 25.7 Å². The zero-order chi connectivity index (χ0) is 16.1. The predicted molar refractivity (Wildman–Crippen MR) is 89.3 cm³/mol. The second-order valence-corrected chi connectivity index (χ2v) is 7.46. The maximum Gasteiger partial charge on any atom is 0.234 e. The van der Waals surface area contributed by atoms with E-state index in [0.29, 0.717) is 22.4 Å². The van der Waals surface area contributed by atoms with Crippen LogP contribution in [0.5, 0.6) is 5.75 Å². The molecule has 1 N–H and O–H groups in total. The number of carbonyl (C=O) groups is 1. The fourth-order valence-corrected chi connectivity index (χ4v) is 4.33. The molecule has 118 valence electrons. The number of nitrogens with one attached hydrogen (secondary N) is 1. The average Bonchev–Trinajstić information content (AvgIpc) is 2.99. The lowest BCUT2D eigenvalue weighted by Gasteiger charge is -2.37. The number of ether oxygens (including phenoxy) is 1. The third kappa shape index (κ3) is 2.06. The van der Waals surface area contributed by atoms with Gasteiger partial charge in [0, 0.05) is 5.02 Å². The van der Waals surface area contributed by atoms with Crippen molar-refractivity contribution in [3.63, 3.8) is 0 Å². The Morgan fingerprint density at radius 2 is 2.18 bits per heavy atom. The summed E-state index contributed by atoms with van der Waals surface area (Å²) in [6.07, 6.45) is 2.87. The van der Waals surface area contributed by atoms with Crippen molar-refractivity contribution in [2.75, 3.05) is 12.4 Å². The van der Waals surface area contributed by atoms with Crippen molar-refractivity contribution in [1.29, 1.82) is 0 Å². The summed E-state index contributed by atoms with van der Waals surface area (Å²) < 4.78 is 5.31. The lowest BCUT2D eigenvalue weighted by molar-refractivity contribution is -0.123. The Kier molecular flexibility index (Phi) is 3.52.